The average molecular weight is 398 g/mol. The Kier molecular flexibility index (Phi) is 8.19. The maximum atomic E-state index is 12.4. The summed E-state index contributed by atoms with van der Waals surface area (Å²) >= 11 is 5.85. The van der Waals surface area contributed by atoms with Crippen molar-refractivity contribution in [3.8, 4) is 5.75 Å². The van der Waals surface area contributed by atoms with Crippen LogP contribution in [-0.4, -0.2) is 72.3 Å². The van der Waals surface area contributed by atoms with Crippen LogP contribution in [0, 0.1) is 0 Å². The van der Waals surface area contributed by atoms with Crippen molar-refractivity contribution in [3.05, 3.63) is 29.3 Å². The molecular formula is C19H28ClN3O4. The van der Waals surface area contributed by atoms with Crippen LogP contribution in [0.3, 0.4) is 0 Å². The van der Waals surface area contributed by atoms with Gasteiger partial charge in [0.25, 0.3) is 0 Å². The van der Waals surface area contributed by atoms with Gasteiger partial charge in [-0.2, -0.15) is 0 Å². The topological polar surface area (TPSA) is 82.1 Å². The van der Waals surface area contributed by atoms with Gasteiger partial charge in [-0.1, -0.05) is 11.6 Å². The lowest BCUT2D eigenvalue weighted by Crippen LogP contribution is -2.44. The van der Waals surface area contributed by atoms with Gasteiger partial charge in [-0.05, 0) is 57.5 Å². The molecule has 0 aromatic heterocycles. The molecule has 0 radical (unpaired) electrons. The van der Waals surface area contributed by atoms with Crippen molar-refractivity contribution < 1.29 is 19.4 Å². The van der Waals surface area contributed by atoms with Crippen LogP contribution in [0.5, 0.6) is 5.75 Å². The number of carboxylic acids is 1. The van der Waals surface area contributed by atoms with E-state index in [0.29, 0.717) is 30.4 Å². The number of hydrogen-bond acceptors (Lipinski definition) is 4. The largest absolute Gasteiger partial charge is 0.489 e. The van der Waals surface area contributed by atoms with Crippen molar-refractivity contribution in [3.63, 3.8) is 0 Å². The standard InChI is InChI=1S/C19H28ClN3O4/c1-14(27-17-7-5-15(20)6-8-17)12-21-19(26)23-10-3-4-16(9-11-23)22(2)13-18(24)25/h5-8,14,16H,3-4,9-13H2,1-2H3,(H,21,26)(H,24,25). The van der Waals surface area contributed by atoms with E-state index in [4.69, 9.17) is 21.4 Å². The molecular weight excluding hydrogens is 370 g/mol. The number of carbonyl (C=O) groups is 2. The molecule has 2 N–H and O–H groups in total. The molecule has 1 aliphatic heterocycles. The van der Waals surface area contributed by atoms with Gasteiger partial charge in [0.1, 0.15) is 11.9 Å². The third-order valence-corrected chi connectivity index (χ3v) is 4.94. The molecule has 2 amide bonds. The van der Waals surface area contributed by atoms with Gasteiger partial charge in [0.05, 0.1) is 13.1 Å². The molecule has 1 saturated heterocycles. The van der Waals surface area contributed by atoms with Gasteiger partial charge in [-0.15, -0.1) is 0 Å². The van der Waals surface area contributed by atoms with E-state index >= 15 is 0 Å². The van der Waals surface area contributed by atoms with Crippen molar-refractivity contribution in [2.24, 2.45) is 0 Å². The van der Waals surface area contributed by atoms with Gasteiger partial charge in [-0.3, -0.25) is 9.69 Å². The molecule has 0 aliphatic carbocycles. The number of hydrogen-bond donors (Lipinski definition) is 2. The van der Waals surface area contributed by atoms with Crippen LogP contribution in [-0.2, 0) is 4.79 Å². The summed E-state index contributed by atoms with van der Waals surface area (Å²) in [7, 11) is 1.82. The molecule has 27 heavy (non-hydrogen) atoms. The number of carbonyl (C=O) groups excluding carboxylic acids is 1. The molecule has 1 heterocycles. The Morgan fingerprint density at radius 1 is 1.33 bits per heavy atom. The highest BCUT2D eigenvalue weighted by atomic mass is 35.5. The van der Waals surface area contributed by atoms with Gasteiger partial charge in [0.15, 0.2) is 0 Å². The first-order chi connectivity index (χ1) is 12.8. The monoisotopic (exact) mass is 397 g/mol. The van der Waals surface area contributed by atoms with Gasteiger partial charge in [-0.25, -0.2) is 4.79 Å². The second kappa shape index (κ2) is 10.4. The molecule has 0 spiro atoms. The number of nitrogens with zero attached hydrogens (tertiary/aromatic N) is 2. The number of likely N-dealkylation sites (tertiary alicyclic amines) is 1. The second-order valence-corrected chi connectivity index (χ2v) is 7.39. The highest BCUT2D eigenvalue weighted by molar-refractivity contribution is 6.30. The lowest BCUT2D eigenvalue weighted by Gasteiger charge is -2.26. The minimum Gasteiger partial charge on any atom is -0.489 e. The molecule has 0 saturated carbocycles. The zero-order chi connectivity index (χ0) is 19.8. The third-order valence-electron chi connectivity index (χ3n) is 4.68. The van der Waals surface area contributed by atoms with Crippen molar-refractivity contribution in [1.82, 2.24) is 15.1 Å². The first-order valence-corrected chi connectivity index (χ1v) is 9.60. The first kappa shape index (κ1) is 21.3. The fourth-order valence-electron chi connectivity index (χ4n) is 3.20. The third kappa shape index (κ3) is 7.27. The number of carboxylic acid groups (broad SMARTS) is 1. The summed E-state index contributed by atoms with van der Waals surface area (Å²) in [6.07, 6.45) is 2.35. The lowest BCUT2D eigenvalue weighted by atomic mass is 10.1. The summed E-state index contributed by atoms with van der Waals surface area (Å²) in [5.74, 6) is -0.119. The van der Waals surface area contributed by atoms with Gasteiger partial charge < -0.3 is 20.1 Å². The second-order valence-electron chi connectivity index (χ2n) is 6.95. The predicted molar refractivity (Wildman–Crippen MR) is 104 cm³/mol. The maximum Gasteiger partial charge on any atom is 0.317 e. The zero-order valence-corrected chi connectivity index (χ0v) is 16.6. The normalized spacial score (nSPS) is 18.7. The zero-order valence-electron chi connectivity index (χ0n) is 15.9. The number of urea groups is 1. The van der Waals surface area contributed by atoms with E-state index in [0.717, 1.165) is 19.3 Å². The Morgan fingerprint density at radius 3 is 2.70 bits per heavy atom. The molecule has 1 aliphatic rings. The number of benzene rings is 1. The van der Waals surface area contributed by atoms with Gasteiger partial charge in [0.2, 0.25) is 0 Å². The summed E-state index contributed by atoms with van der Waals surface area (Å²) < 4.78 is 5.76. The predicted octanol–water partition coefficient (Wildman–Crippen LogP) is 2.69. The Morgan fingerprint density at radius 2 is 2.04 bits per heavy atom. The summed E-state index contributed by atoms with van der Waals surface area (Å²) in [5, 5.41) is 12.5. The summed E-state index contributed by atoms with van der Waals surface area (Å²) in [4.78, 5) is 27.0. The molecule has 8 heteroatoms. The van der Waals surface area contributed by atoms with Crippen LogP contribution in [0.1, 0.15) is 26.2 Å². The van der Waals surface area contributed by atoms with Crippen LogP contribution in [0.2, 0.25) is 5.02 Å². The lowest BCUT2D eigenvalue weighted by molar-refractivity contribution is -0.138. The van der Waals surface area contributed by atoms with E-state index < -0.39 is 5.97 Å². The number of rotatable bonds is 7. The highest BCUT2D eigenvalue weighted by Crippen LogP contribution is 2.17. The number of likely N-dealkylation sites (N-methyl/N-ethyl adjacent to an activating group) is 1. The molecule has 2 atom stereocenters. The number of ether oxygens (including phenoxy) is 1. The Hall–Kier alpha value is -1.99. The van der Waals surface area contributed by atoms with Crippen LogP contribution in [0.15, 0.2) is 24.3 Å². The SMILES string of the molecule is CC(CNC(=O)N1CCCC(N(C)CC(=O)O)CC1)Oc1ccc(Cl)cc1. The molecule has 2 unspecified atom stereocenters. The Bertz CT molecular complexity index is 626. The van der Waals surface area contributed by atoms with Crippen molar-refractivity contribution in [2.45, 2.75) is 38.3 Å². The maximum absolute atomic E-state index is 12.4. The fraction of sp³-hybridized carbons (Fsp3) is 0.579. The van der Waals surface area contributed by atoms with Crippen molar-refractivity contribution >= 4 is 23.6 Å². The smallest absolute Gasteiger partial charge is 0.317 e. The minimum absolute atomic E-state index is 0.0242. The molecule has 0 bridgehead atoms. The van der Waals surface area contributed by atoms with E-state index in [-0.39, 0.29) is 24.7 Å². The first-order valence-electron chi connectivity index (χ1n) is 9.22. The Balaban J connectivity index is 1.75. The van der Waals surface area contributed by atoms with E-state index in [1.807, 2.05) is 18.9 Å². The molecule has 1 aromatic rings. The molecule has 7 nitrogen and oxygen atoms in total. The number of halogens is 1. The molecule has 2 rings (SSSR count). The quantitative estimate of drug-likeness (QED) is 0.739. The summed E-state index contributed by atoms with van der Waals surface area (Å²) in [5.41, 5.74) is 0. The van der Waals surface area contributed by atoms with Crippen LogP contribution < -0.4 is 10.1 Å². The van der Waals surface area contributed by atoms with Crippen LogP contribution in [0.4, 0.5) is 4.79 Å². The van der Waals surface area contributed by atoms with Gasteiger partial charge >= 0.3 is 12.0 Å². The van der Waals surface area contributed by atoms with Crippen LogP contribution in [0.25, 0.3) is 0 Å². The van der Waals surface area contributed by atoms with Crippen LogP contribution >= 0.6 is 11.6 Å². The summed E-state index contributed by atoms with van der Waals surface area (Å²) in [6, 6.07) is 7.19. The molecule has 1 aromatic carbocycles. The molecule has 1 fully saturated rings. The van der Waals surface area contributed by atoms with Gasteiger partial charge in [0, 0.05) is 24.2 Å². The summed E-state index contributed by atoms with van der Waals surface area (Å²) in [6.45, 7) is 3.62. The number of amides is 2. The highest BCUT2D eigenvalue weighted by Gasteiger charge is 2.24. The van der Waals surface area contributed by atoms with E-state index in [2.05, 4.69) is 5.32 Å². The minimum atomic E-state index is -0.828. The number of aliphatic carboxylic acids is 1. The average Bonchev–Trinajstić information content (AvgIpc) is 2.87. The Labute approximate surface area is 165 Å². The molecule has 150 valence electrons. The fourth-order valence-corrected chi connectivity index (χ4v) is 3.32. The van der Waals surface area contributed by atoms with E-state index in [1.165, 1.54) is 0 Å². The van der Waals surface area contributed by atoms with E-state index in [1.54, 1.807) is 29.2 Å². The van der Waals surface area contributed by atoms with Crippen molar-refractivity contribution in [2.75, 3.05) is 33.2 Å². The van der Waals surface area contributed by atoms with Crippen molar-refractivity contribution in [1.29, 1.82) is 0 Å². The van der Waals surface area contributed by atoms with E-state index in [9.17, 15) is 9.59 Å². The number of nitrogens with one attached hydrogen (secondary N) is 1.